The van der Waals surface area contributed by atoms with E-state index < -0.39 is 0 Å². The molecule has 0 radical (unpaired) electrons. The third-order valence-corrected chi connectivity index (χ3v) is 3.06. The first-order valence-electron chi connectivity index (χ1n) is 5.51. The van der Waals surface area contributed by atoms with E-state index in [0.29, 0.717) is 4.77 Å². The number of rotatable bonds is 1. The molecule has 0 aromatic carbocycles. The van der Waals surface area contributed by atoms with Crippen LogP contribution in [0.3, 0.4) is 0 Å². The highest BCUT2D eigenvalue weighted by atomic mass is 32.1. The molecule has 0 bridgehead atoms. The number of nitrogens with zero attached hydrogens (tertiary/aromatic N) is 4. The standard InChI is InChI=1S/C10H15N5OS/c1-7-9(11-10(17)13-12-7)15-5-3-14(4-6-15)8(2)16/h3-6H2,1-2H3,(H,11,13,17). The van der Waals surface area contributed by atoms with E-state index in [0.717, 1.165) is 37.7 Å². The second kappa shape index (κ2) is 4.79. The number of carbonyl (C=O) groups is 1. The molecule has 0 saturated carbocycles. The Hall–Kier alpha value is -1.50. The van der Waals surface area contributed by atoms with Crippen LogP contribution in [0.1, 0.15) is 12.6 Å². The van der Waals surface area contributed by atoms with E-state index in [-0.39, 0.29) is 5.91 Å². The Morgan fingerprint density at radius 2 is 2.00 bits per heavy atom. The van der Waals surface area contributed by atoms with Gasteiger partial charge in [0.05, 0.1) is 0 Å². The Kier molecular flexibility index (Phi) is 3.37. The molecular formula is C10H15N5OS. The van der Waals surface area contributed by atoms with Gasteiger partial charge in [0, 0.05) is 33.1 Å². The predicted octanol–water partition coefficient (Wildman–Crippen LogP) is 0.511. The molecule has 1 aliphatic rings. The van der Waals surface area contributed by atoms with Crippen molar-refractivity contribution < 1.29 is 4.79 Å². The van der Waals surface area contributed by atoms with Gasteiger partial charge in [0.2, 0.25) is 10.7 Å². The van der Waals surface area contributed by atoms with Crippen LogP contribution in [0, 0.1) is 11.7 Å². The molecule has 92 valence electrons. The lowest BCUT2D eigenvalue weighted by molar-refractivity contribution is -0.129. The van der Waals surface area contributed by atoms with Crippen molar-refractivity contribution in [3.63, 3.8) is 0 Å². The summed E-state index contributed by atoms with van der Waals surface area (Å²) in [6, 6.07) is 0. The number of H-pyrrole nitrogens is 1. The Morgan fingerprint density at radius 1 is 1.35 bits per heavy atom. The van der Waals surface area contributed by atoms with Crippen molar-refractivity contribution in [2.24, 2.45) is 0 Å². The molecule has 17 heavy (non-hydrogen) atoms. The zero-order chi connectivity index (χ0) is 12.4. The van der Waals surface area contributed by atoms with E-state index in [9.17, 15) is 4.79 Å². The van der Waals surface area contributed by atoms with Gasteiger partial charge in [-0.15, -0.1) is 0 Å². The third-order valence-electron chi connectivity index (χ3n) is 2.87. The van der Waals surface area contributed by atoms with E-state index in [1.54, 1.807) is 6.92 Å². The van der Waals surface area contributed by atoms with Crippen molar-refractivity contribution in [1.82, 2.24) is 20.1 Å². The lowest BCUT2D eigenvalue weighted by atomic mass is 10.3. The topological polar surface area (TPSA) is 65.1 Å². The van der Waals surface area contributed by atoms with Crippen molar-refractivity contribution in [3.8, 4) is 0 Å². The van der Waals surface area contributed by atoms with Crippen LogP contribution in [0.5, 0.6) is 0 Å². The van der Waals surface area contributed by atoms with Crippen LogP contribution < -0.4 is 4.90 Å². The molecule has 0 spiro atoms. The fourth-order valence-electron chi connectivity index (χ4n) is 1.92. The largest absolute Gasteiger partial charge is 0.351 e. The van der Waals surface area contributed by atoms with Gasteiger partial charge in [0.1, 0.15) is 5.69 Å². The fourth-order valence-corrected chi connectivity index (χ4v) is 2.05. The SMILES string of the molecule is CC(=O)N1CCN(c2nc(=S)[nH]nc2C)CC1. The summed E-state index contributed by atoms with van der Waals surface area (Å²) in [5, 5.41) is 6.76. The molecule has 1 aromatic heterocycles. The zero-order valence-electron chi connectivity index (χ0n) is 9.93. The Morgan fingerprint density at radius 3 is 2.59 bits per heavy atom. The van der Waals surface area contributed by atoms with Crippen LogP contribution >= 0.6 is 12.2 Å². The lowest BCUT2D eigenvalue weighted by Crippen LogP contribution is -2.48. The third kappa shape index (κ3) is 2.60. The van der Waals surface area contributed by atoms with Gasteiger partial charge < -0.3 is 9.80 Å². The van der Waals surface area contributed by atoms with E-state index in [1.165, 1.54) is 0 Å². The minimum absolute atomic E-state index is 0.123. The van der Waals surface area contributed by atoms with Crippen LogP contribution in [-0.2, 0) is 4.79 Å². The van der Waals surface area contributed by atoms with Crippen LogP contribution in [-0.4, -0.2) is 52.2 Å². The molecule has 0 atom stereocenters. The molecule has 2 heterocycles. The van der Waals surface area contributed by atoms with Gasteiger partial charge in [0.15, 0.2) is 5.82 Å². The Labute approximate surface area is 105 Å². The number of aromatic amines is 1. The normalized spacial score (nSPS) is 16.1. The summed E-state index contributed by atoms with van der Waals surface area (Å²) < 4.78 is 0.389. The average molecular weight is 253 g/mol. The van der Waals surface area contributed by atoms with Gasteiger partial charge in [-0.3, -0.25) is 9.89 Å². The summed E-state index contributed by atoms with van der Waals surface area (Å²) in [5.41, 5.74) is 0.829. The highest BCUT2D eigenvalue weighted by molar-refractivity contribution is 7.71. The highest BCUT2D eigenvalue weighted by Crippen LogP contribution is 2.15. The second-order valence-electron chi connectivity index (χ2n) is 4.04. The van der Waals surface area contributed by atoms with Crippen molar-refractivity contribution in [1.29, 1.82) is 0 Å². The van der Waals surface area contributed by atoms with Crippen molar-refractivity contribution >= 4 is 23.9 Å². The number of carbonyl (C=O) groups excluding carboxylic acids is 1. The minimum Gasteiger partial charge on any atom is -0.351 e. The molecule has 1 aliphatic heterocycles. The number of aryl methyl sites for hydroxylation is 1. The van der Waals surface area contributed by atoms with Gasteiger partial charge in [0.25, 0.3) is 0 Å². The summed E-state index contributed by atoms with van der Waals surface area (Å²) in [6.45, 7) is 6.48. The highest BCUT2D eigenvalue weighted by Gasteiger charge is 2.21. The van der Waals surface area contributed by atoms with E-state index in [1.807, 2.05) is 11.8 Å². The first-order chi connectivity index (χ1) is 8.08. The molecular weight excluding hydrogens is 238 g/mol. The summed E-state index contributed by atoms with van der Waals surface area (Å²) in [4.78, 5) is 19.5. The smallest absolute Gasteiger partial charge is 0.219 e. The summed E-state index contributed by atoms with van der Waals surface area (Å²) in [7, 11) is 0. The van der Waals surface area contributed by atoms with Crippen molar-refractivity contribution in [2.75, 3.05) is 31.1 Å². The first kappa shape index (κ1) is 12.0. The summed E-state index contributed by atoms with van der Waals surface area (Å²) >= 11 is 4.97. The molecule has 0 unspecified atom stereocenters. The molecule has 1 aromatic rings. The number of hydrogen-bond donors (Lipinski definition) is 1. The first-order valence-corrected chi connectivity index (χ1v) is 5.92. The summed E-state index contributed by atoms with van der Waals surface area (Å²) in [6.07, 6.45) is 0. The molecule has 1 N–H and O–H groups in total. The molecule has 7 heteroatoms. The van der Waals surface area contributed by atoms with Crippen LogP contribution in [0.2, 0.25) is 0 Å². The van der Waals surface area contributed by atoms with Crippen LogP contribution in [0.25, 0.3) is 0 Å². The van der Waals surface area contributed by atoms with Gasteiger partial charge in [-0.25, -0.2) is 0 Å². The number of nitrogens with one attached hydrogen (secondary N) is 1. The number of amides is 1. The maximum atomic E-state index is 11.2. The molecule has 1 amide bonds. The van der Waals surface area contributed by atoms with E-state index in [2.05, 4.69) is 20.1 Å². The van der Waals surface area contributed by atoms with Gasteiger partial charge in [-0.2, -0.15) is 10.1 Å². The van der Waals surface area contributed by atoms with Crippen molar-refractivity contribution in [3.05, 3.63) is 10.5 Å². The monoisotopic (exact) mass is 253 g/mol. The van der Waals surface area contributed by atoms with E-state index in [4.69, 9.17) is 12.2 Å². The molecule has 2 rings (SSSR count). The number of piperazine rings is 1. The molecule has 0 aliphatic carbocycles. The summed E-state index contributed by atoms with van der Waals surface area (Å²) in [5.74, 6) is 0.940. The van der Waals surface area contributed by atoms with Crippen LogP contribution in [0.4, 0.5) is 5.82 Å². The van der Waals surface area contributed by atoms with Crippen LogP contribution in [0.15, 0.2) is 0 Å². The molecule has 6 nitrogen and oxygen atoms in total. The van der Waals surface area contributed by atoms with Gasteiger partial charge >= 0.3 is 0 Å². The van der Waals surface area contributed by atoms with Crippen molar-refractivity contribution in [2.45, 2.75) is 13.8 Å². The Bertz CT molecular complexity index is 478. The molecule has 1 saturated heterocycles. The number of aromatic nitrogens is 3. The molecule has 1 fully saturated rings. The van der Waals surface area contributed by atoms with Gasteiger partial charge in [-0.1, -0.05) is 0 Å². The zero-order valence-corrected chi connectivity index (χ0v) is 10.8. The lowest BCUT2D eigenvalue weighted by Gasteiger charge is -2.35. The minimum atomic E-state index is 0.123. The maximum Gasteiger partial charge on any atom is 0.219 e. The number of hydrogen-bond acceptors (Lipinski definition) is 5. The quantitative estimate of drug-likeness (QED) is 0.739. The second-order valence-corrected chi connectivity index (χ2v) is 4.43. The Balaban J connectivity index is 2.13. The predicted molar refractivity (Wildman–Crippen MR) is 66.4 cm³/mol. The van der Waals surface area contributed by atoms with E-state index >= 15 is 0 Å². The maximum absolute atomic E-state index is 11.2. The number of anilines is 1. The van der Waals surface area contributed by atoms with Gasteiger partial charge in [-0.05, 0) is 19.1 Å². The fraction of sp³-hybridized carbons (Fsp3) is 0.600. The average Bonchev–Trinajstić information content (AvgIpc) is 2.32.